The van der Waals surface area contributed by atoms with Gasteiger partial charge in [0.25, 0.3) is 5.56 Å². The molecular formula is C28H30ClN5O4. The van der Waals surface area contributed by atoms with Crippen molar-refractivity contribution in [3.63, 3.8) is 0 Å². The maximum absolute atomic E-state index is 13.2. The van der Waals surface area contributed by atoms with Gasteiger partial charge in [-0.15, -0.1) is 0 Å². The molecule has 1 saturated heterocycles. The summed E-state index contributed by atoms with van der Waals surface area (Å²) < 4.78 is 8.84. The summed E-state index contributed by atoms with van der Waals surface area (Å²) in [4.78, 5) is 41.0. The number of benzene rings is 2. The molecule has 2 amide bonds. The normalized spacial score (nSPS) is 17.3. The van der Waals surface area contributed by atoms with Gasteiger partial charge in [-0.05, 0) is 68.9 Å². The summed E-state index contributed by atoms with van der Waals surface area (Å²) >= 11 is 6.10. The van der Waals surface area contributed by atoms with Gasteiger partial charge in [-0.2, -0.15) is 5.26 Å². The zero-order valence-electron chi connectivity index (χ0n) is 21.3. The van der Waals surface area contributed by atoms with Gasteiger partial charge in [0.05, 0.1) is 28.1 Å². The lowest BCUT2D eigenvalue weighted by Crippen LogP contribution is -2.43. The van der Waals surface area contributed by atoms with E-state index in [-0.39, 0.29) is 23.2 Å². The monoisotopic (exact) mass is 535 g/mol. The van der Waals surface area contributed by atoms with E-state index in [9.17, 15) is 14.4 Å². The number of hydrogen-bond donors (Lipinski definition) is 1. The topological polar surface area (TPSA) is 109 Å². The van der Waals surface area contributed by atoms with Gasteiger partial charge >= 0.3 is 11.7 Å². The fourth-order valence-electron chi connectivity index (χ4n) is 5.01. The second kappa shape index (κ2) is 10.9. The lowest BCUT2D eigenvalue weighted by atomic mass is 9.99. The number of fused-ring (bicyclic) bond motifs is 1. The van der Waals surface area contributed by atoms with Gasteiger partial charge in [0.1, 0.15) is 11.8 Å². The zero-order valence-corrected chi connectivity index (χ0v) is 22.0. The van der Waals surface area contributed by atoms with Crippen LogP contribution in [-0.4, -0.2) is 39.8 Å². The molecule has 3 aromatic rings. The second-order valence-electron chi connectivity index (χ2n) is 10.1. The Bertz CT molecular complexity index is 1540. The molecule has 2 fully saturated rings. The Kier molecular flexibility index (Phi) is 7.43. The number of likely N-dealkylation sites (tertiary alicyclic amines) is 1. The van der Waals surface area contributed by atoms with E-state index in [1.54, 1.807) is 45.9 Å². The number of hydrogen-bond acceptors (Lipinski definition) is 5. The van der Waals surface area contributed by atoms with Crippen LogP contribution in [-0.2, 0) is 13.1 Å². The van der Waals surface area contributed by atoms with Crippen molar-refractivity contribution in [1.82, 2.24) is 14.0 Å². The lowest BCUT2D eigenvalue weighted by Gasteiger charge is -2.32. The second-order valence-corrected chi connectivity index (χ2v) is 10.5. The summed E-state index contributed by atoms with van der Waals surface area (Å²) in [5.41, 5.74) is 0.900. The molecule has 1 N–H and O–H groups in total. The smallest absolute Gasteiger partial charge is 0.331 e. The molecule has 2 aliphatic rings. The highest BCUT2D eigenvalue weighted by molar-refractivity contribution is 6.31. The molecule has 1 saturated carbocycles. The van der Waals surface area contributed by atoms with E-state index >= 15 is 0 Å². The van der Waals surface area contributed by atoms with Gasteiger partial charge in [0, 0.05) is 43.9 Å². The SMILES string of the molecule is CCn1c(=O)n(CC2CC2)c(=O)c2cc(NC(=O)N3CCCC(COc4ccc(C#N)c(Cl)c4)C3)ccc21. The summed E-state index contributed by atoms with van der Waals surface area (Å²) in [6.07, 6.45) is 3.85. The number of halogens is 1. The summed E-state index contributed by atoms with van der Waals surface area (Å²) in [5, 5.41) is 12.7. The molecule has 9 nitrogen and oxygen atoms in total. The first kappa shape index (κ1) is 25.9. The number of piperidine rings is 1. The van der Waals surface area contributed by atoms with Crippen LogP contribution in [0.2, 0.25) is 5.02 Å². The largest absolute Gasteiger partial charge is 0.493 e. The number of nitrogens with zero attached hydrogens (tertiary/aromatic N) is 4. The first-order chi connectivity index (χ1) is 18.4. The molecule has 1 atom stereocenters. The van der Waals surface area contributed by atoms with Gasteiger partial charge < -0.3 is 15.0 Å². The molecule has 0 spiro atoms. The number of urea groups is 1. The molecule has 1 aliphatic heterocycles. The minimum atomic E-state index is -0.309. The number of amides is 2. The van der Waals surface area contributed by atoms with Crippen molar-refractivity contribution < 1.29 is 9.53 Å². The van der Waals surface area contributed by atoms with Gasteiger partial charge in [0.2, 0.25) is 0 Å². The van der Waals surface area contributed by atoms with Crippen LogP contribution in [0.4, 0.5) is 10.5 Å². The number of aromatic nitrogens is 2. The van der Waals surface area contributed by atoms with E-state index in [1.165, 1.54) is 4.57 Å². The fourth-order valence-corrected chi connectivity index (χ4v) is 5.22. The Hall–Kier alpha value is -3.77. The Labute approximate surface area is 225 Å². The standard InChI is InChI=1S/C28H30ClN5O4/c1-2-33-25-10-8-21(12-23(25)26(35)34(28(33)37)16-18-5-6-18)31-27(36)32-11-3-4-19(15-32)17-38-22-9-7-20(14-30)24(29)13-22/h7-10,12-13,18-19H,2-6,11,15-17H2,1H3,(H,31,36). The Morgan fingerprint density at radius 3 is 2.66 bits per heavy atom. The van der Waals surface area contributed by atoms with Crippen molar-refractivity contribution in [2.45, 2.75) is 45.7 Å². The highest BCUT2D eigenvalue weighted by Gasteiger charge is 2.26. The van der Waals surface area contributed by atoms with Crippen molar-refractivity contribution in [2.75, 3.05) is 25.0 Å². The van der Waals surface area contributed by atoms with E-state index < -0.39 is 0 Å². The highest BCUT2D eigenvalue weighted by Crippen LogP contribution is 2.30. The van der Waals surface area contributed by atoms with Crippen molar-refractivity contribution in [3.05, 3.63) is 67.8 Å². The third-order valence-corrected chi connectivity index (χ3v) is 7.60. The van der Waals surface area contributed by atoms with Crippen molar-refractivity contribution in [1.29, 1.82) is 5.26 Å². The average Bonchev–Trinajstić information content (AvgIpc) is 3.75. The third kappa shape index (κ3) is 5.41. The summed E-state index contributed by atoms with van der Waals surface area (Å²) in [6, 6.07) is 11.9. The summed E-state index contributed by atoms with van der Waals surface area (Å²) in [5.74, 6) is 1.12. The van der Waals surface area contributed by atoms with Gasteiger partial charge in [0.15, 0.2) is 0 Å². The van der Waals surface area contributed by atoms with Gasteiger partial charge in [-0.3, -0.25) is 13.9 Å². The molecule has 5 rings (SSSR count). The molecule has 0 radical (unpaired) electrons. The minimum Gasteiger partial charge on any atom is -0.493 e. The number of nitrogens with one attached hydrogen (secondary N) is 1. The quantitative estimate of drug-likeness (QED) is 0.481. The predicted octanol–water partition coefficient (Wildman–Crippen LogP) is 4.44. The van der Waals surface area contributed by atoms with Crippen LogP contribution in [0, 0.1) is 23.2 Å². The van der Waals surface area contributed by atoms with E-state index in [2.05, 4.69) is 5.32 Å². The summed E-state index contributed by atoms with van der Waals surface area (Å²) in [7, 11) is 0. The average molecular weight is 536 g/mol. The molecular weight excluding hydrogens is 506 g/mol. The maximum atomic E-state index is 13.2. The first-order valence-electron chi connectivity index (χ1n) is 13.0. The lowest BCUT2D eigenvalue weighted by molar-refractivity contribution is 0.145. The Morgan fingerprint density at radius 1 is 1.13 bits per heavy atom. The number of carbonyl (C=O) groups is 1. The zero-order chi connectivity index (χ0) is 26.8. The number of aryl methyl sites for hydroxylation is 1. The van der Waals surface area contributed by atoms with E-state index in [0.29, 0.717) is 71.6 Å². The Balaban J connectivity index is 1.27. The van der Waals surface area contributed by atoms with Gasteiger partial charge in [-0.1, -0.05) is 11.6 Å². The highest BCUT2D eigenvalue weighted by atomic mass is 35.5. The molecule has 1 aliphatic carbocycles. The Morgan fingerprint density at radius 2 is 1.95 bits per heavy atom. The van der Waals surface area contributed by atoms with Crippen LogP contribution < -0.4 is 21.3 Å². The van der Waals surface area contributed by atoms with E-state index in [4.69, 9.17) is 21.6 Å². The van der Waals surface area contributed by atoms with Crippen LogP contribution in [0.5, 0.6) is 5.75 Å². The number of nitriles is 1. The molecule has 2 aromatic carbocycles. The molecule has 1 unspecified atom stereocenters. The molecule has 2 heterocycles. The molecule has 10 heteroatoms. The van der Waals surface area contributed by atoms with Crippen LogP contribution in [0.3, 0.4) is 0 Å². The third-order valence-electron chi connectivity index (χ3n) is 7.28. The van der Waals surface area contributed by atoms with Crippen molar-refractivity contribution in [2.24, 2.45) is 11.8 Å². The summed E-state index contributed by atoms with van der Waals surface area (Å²) in [6.45, 7) is 4.37. The molecule has 1 aromatic heterocycles. The van der Waals surface area contributed by atoms with Crippen LogP contribution in [0.25, 0.3) is 10.9 Å². The predicted molar refractivity (Wildman–Crippen MR) is 146 cm³/mol. The number of anilines is 1. The van der Waals surface area contributed by atoms with E-state index in [0.717, 1.165) is 25.7 Å². The van der Waals surface area contributed by atoms with Gasteiger partial charge in [-0.25, -0.2) is 9.59 Å². The molecule has 0 bridgehead atoms. The fraction of sp³-hybridized carbons (Fsp3) is 0.429. The minimum absolute atomic E-state index is 0.147. The number of rotatable bonds is 7. The van der Waals surface area contributed by atoms with E-state index in [1.807, 2.05) is 13.0 Å². The molecule has 38 heavy (non-hydrogen) atoms. The van der Waals surface area contributed by atoms with Crippen molar-refractivity contribution in [3.8, 4) is 11.8 Å². The number of carbonyl (C=O) groups excluding carboxylic acids is 1. The van der Waals surface area contributed by atoms with Crippen LogP contribution >= 0.6 is 11.6 Å². The van der Waals surface area contributed by atoms with Crippen LogP contribution in [0.15, 0.2) is 46.0 Å². The number of ether oxygens (including phenoxy) is 1. The van der Waals surface area contributed by atoms with Crippen LogP contribution in [0.1, 0.15) is 38.2 Å². The molecule has 198 valence electrons. The van der Waals surface area contributed by atoms with Crippen molar-refractivity contribution >= 4 is 34.2 Å². The first-order valence-corrected chi connectivity index (χ1v) is 13.4. The maximum Gasteiger partial charge on any atom is 0.331 e.